The van der Waals surface area contributed by atoms with E-state index in [0.717, 1.165) is 45.0 Å². The first kappa shape index (κ1) is 24.5. The first-order chi connectivity index (χ1) is 14.8. The summed E-state index contributed by atoms with van der Waals surface area (Å²) in [6.45, 7) is 6.64. The third-order valence-electron chi connectivity index (χ3n) is 6.32. The molecule has 1 aromatic carbocycles. The van der Waals surface area contributed by atoms with E-state index in [2.05, 4.69) is 73.3 Å². The van der Waals surface area contributed by atoms with E-state index in [9.17, 15) is 0 Å². The summed E-state index contributed by atoms with van der Waals surface area (Å²) in [4.78, 5) is 11.1. The lowest BCUT2D eigenvalue weighted by atomic mass is 10.0. The van der Waals surface area contributed by atoms with Crippen molar-refractivity contribution in [2.45, 2.75) is 44.3 Å². The molecular formula is C24H36IN5S. The van der Waals surface area contributed by atoms with Crippen molar-refractivity contribution >= 4 is 41.3 Å². The number of hydrogen-bond donors (Lipinski definition) is 2. The van der Waals surface area contributed by atoms with Crippen LogP contribution >= 0.6 is 35.3 Å². The number of hydrogen-bond acceptors (Lipinski definition) is 4. The van der Waals surface area contributed by atoms with Crippen LogP contribution in [-0.2, 0) is 6.54 Å². The van der Waals surface area contributed by atoms with Crippen LogP contribution in [0.25, 0.3) is 0 Å². The van der Waals surface area contributed by atoms with Crippen LogP contribution in [0.3, 0.4) is 0 Å². The van der Waals surface area contributed by atoms with Gasteiger partial charge in [-0.05, 0) is 55.8 Å². The van der Waals surface area contributed by atoms with Crippen molar-refractivity contribution in [1.29, 1.82) is 0 Å². The van der Waals surface area contributed by atoms with Crippen LogP contribution in [0.4, 0.5) is 0 Å². The van der Waals surface area contributed by atoms with Crippen LogP contribution in [0.15, 0.2) is 52.8 Å². The minimum absolute atomic E-state index is 0. The summed E-state index contributed by atoms with van der Waals surface area (Å²) in [5.41, 5.74) is 1.41. The molecule has 31 heavy (non-hydrogen) atoms. The first-order valence-electron chi connectivity index (χ1n) is 11.3. The third-order valence-corrected chi connectivity index (χ3v) is 7.29. The maximum absolute atomic E-state index is 4.51. The molecule has 1 aromatic heterocycles. The van der Waals surface area contributed by atoms with E-state index in [1.165, 1.54) is 36.4 Å². The molecule has 0 spiro atoms. The van der Waals surface area contributed by atoms with Crippen molar-refractivity contribution in [3.63, 3.8) is 0 Å². The zero-order chi connectivity index (χ0) is 20.6. The molecule has 0 saturated carbocycles. The predicted molar refractivity (Wildman–Crippen MR) is 143 cm³/mol. The van der Waals surface area contributed by atoms with Gasteiger partial charge in [0.2, 0.25) is 0 Å². The SMILES string of the molecule is CN=C(NCC(c1cccs1)N1CCCC1)NC1CCN(Cc2ccccc2)CC1.I. The van der Waals surface area contributed by atoms with Crippen molar-refractivity contribution in [2.75, 3.05) is 39.8 Å². The normalized spacial score (nSPS) is 19.7. The van der Waals surface area contributed by atoms with E-state index < -0.39 is 0 Å². The molecule has 1 atom stereocenters. The average molecular weight is 554 g/mol. The molecule has 0 bridgehead atoms. The molecule has 2 aromatic rings. The average Bonchev–Trinajstić information content (AvgIpc) is 3.50. The topological polar surface area (TPSA) is 42.9 Å². The van der Waals surface area contributed by atoms with Gasteiger partial charge in [-0.2, -0.15) is 0 Å². The van der Waals surface area contributed by atoms with Crippen molar-refractivity contribution in [3.8, 4) is 0 Å². The summed E-state index contributed by atoms with van der Waals surface area (Å²) in [7, 11) is 1.88. The van der Waals surface area contributed by atoms with Gasteiger partial charge in [0.25, 0.3) is 0 Å². The number of nitrogens with one attached hydrogen (secondary N) is 2. The number of aliphatic imine (C=N–C) groups is 1. The molecular weight excluding hydrogens is 517 g/mol. The molecule has 5 nitrogen and oxygen atoms in total. The highest BCUT2D eigenvalue weighted by molar-refractivity contribution is 14.0. The molecule has 0 radical (unpaired) electrons. The zero-order valence-corrected chi connectivity index (χ0v) is 21.6. The van der Waals surface area contributed by atoms with Gasteiger partial charge in [-0.25, -0.2) is 0 Å². The lowest BCUT2D eigenvalue weighted by Gasteiger charge is -2.33. The fourth-order valence-corrected chi connectivity index (χ4v) is 5.46. The van der Waals surface area contributed by atoms with Gasteiger partial charge >= 0.3 is 0 Å². The van der Waals surface area contributed by atoms with E-state index in [4.69, 9.17) is 0 Å². The Morgan fingerprint density at radius 2 is 1.81 bits per heavy atom. The van der Waals surface area contributed by atoms with E-state index in [1.807, 2.05) is 18.4 Å². The number of piperidine rings is 1. The molecule has 2 saturated heterocycles. The van der Waals surface area contributed by atoms with Gasteiger partial charge in [-0.3, -0.25) is 14.8 Å². The number of guanidine groups is 1. The van der Waals surface area contributed by atoms with Crippen LogP contribution in [-0.4, -0.2) is 61.6 Å². The summed E-state index contributed by atoms with van der Waals surface area (Å²) in [6.07, 6.45) is 4.95. The van der Waals surface area contributed by atoms with Gasteiger partial charge < -0.3 is 10.6 Å². The molecule has 2 aliphatic heterocycles. The number of nitrogens with zero attached hydrogens (tertiary/aromatic N) is 3. The molecule has 2 N–H and O–H groups in total. The van der Waals surface area contributed by atoms with Crippen LogP contribution in [0.2, 0.25) is 0 Å². The van der Waals surface area contributed by atoms with Gasteiger partial charge in [0.15, 0.2) is 5.96 Å². The molecule has 3 heterocycles. The van der Waals surface area contributed by atoms with Crippen molar-refractivity contribution in [1.82, 2.24) is 20.4 Å². The molecule has 2 fully saturated rings. The molecule has 170 valence electrons. The first-order valence-corrected chi connectivity index (χ1v) is 12.2. The fourth-order valence-electron chi connectivity index (χ4n) is 4.60. The fraction of sp³-hybridized carbons (Fsp3) is 0.542. The monoisotopic (exact) mass is 553 g/mol. The van der Waals surface area contributed by atoms with Crippen LogP contribution in [0.1, 0.15) is 42.2 Å². The molecule has 1 unspecified atom stereocenters. The van der Waals surface area contributed by atoms with E-state index in [0.29, 0.717) is 12.1 Å². The number of likely N-dealkylation sites (tertiary alicyclic amines) is 2. The standard InChI is InChI=1S/C24H35N5S.HI/c1-25-24(26-18-22(23-10-7-17-30-23)29-13-5-6-14-29)27-21-11-15-28(16-12-21)19-20-8-3-2-4-9-20;/h2-4,7-10,17,21-22H,5-6,11-16,18-19H2,1H3,(H2,25,26,27);1H. The molecule has 0 amide bonds. The second kappa shape index (κ2) is 12.8. The van der Waals surface area contributed by atoms with Gasteiger partial charge in [0.05, 0.1) is 6.04 Å². The number of benzene rings is 1. The Morgan fingerprint density at radius 3 is 2.45 bits per heavy atom. The van der Waals surface area contributed by atoms with Crippen LogP contribution < -0.4 is 10.6 Å². The Hall–Kier alpha value is -1.16. The van der Waals surface area contributed by atoms with Crippen LogP contribution in [0.5, 0.6) is 0 Å². The summed E-state index contributed by atoms with van der Waals surface area (Å²) in [5.74, 6) is 0.942. The van der Waals surface area contributed by atoms with Gasteiger partial charge in [0, 0.05) is 44.1 Å². The minimum Gasteiger partial charge on any atom is -0.354 e. The van der Waals surface area contributed by atoms with Crippen molar-refractivity contribution < 1.29 is 0 Å². The van der Waals surface area contributed by atoms with Crippen molar-refractivity contribution in [2.24, 2.45) is 4.99 Å². The van der Waals surface area contributed by atoms with Gasteiger partial charge in [-0.1, -0.05) is 36.4 Å². The third kappa shape index (κ3) is 7.17. The van der Waals surface area contributed by atoms with Gasteiger partial charge in [0.1, 0.15) is 0 Å². The number of rotatable bonds is 7. The Labute approximate surface area is 208 Å². The molecule has 7 heteroatoms. The lowest BCUT2D eigenvalue weighted by molar-refractivity contribution is 0.198. The summed E-state index contributed by atoms with van der Waals surface area (Å²) < 4.78 is 0. The Balaban J connectivity index is 0.00000272. The van der Waals surface area contributed by atoms with Crippen molar-refractivity contribution in [3.05, 3.63) is 58.3 Å². The molecule has 0 aliphatic carbocycles. The summed E-state index contributed by atoms with van der Waals surface area (Å²) >= 11 is 1.87. The Morgan fingerprint density at radius 1 is 1.06 bits per heavy atom. The highest BCUT2D eigenvalue weighted by atomic mass is 127. The summed E-state index contributed by atoms with van der Waals surface area (Å²) in [6, 6.07) is 16.2. The van der Waals surface area contributed by atoms with E-state index in [1.54, 1.807) is 0 Å². The predicted octanol–water partition coefficient (Wildman–Crippen LogP) is 4.33. The largest absolute Gasteiger partial charge is 0.354 e. The summed E-state index contributed by atoms with van der Waals surface area (Å²) in [5, 5.41) is 9.49. The maximum atomic E-state index is 4.51. The highest BCUT2D eigenvalue weighted by Crippen LogP contribution is 2.27. The minimum atomic E-state index is 0. The highest BCUT2D eigenvalue weighted by Gasteiger charge is 2.25. The van der Waals surface area contributed by atoms with Gasteiger partial charge in [-0.15, -0.1) is 35.3 Å². The smallest absolute Gasteiger partial charge is 0.191 e. The van der Waals surface area contributed by atoms with E-state index in [-0.39, 0.29) is 24.0 Å². The Kier molecular flexibility index (Phi) is 10.1. The maximum Gasteiger partial charge on any atom is 0.191 e. The molecule has 4 rings (SSSR count). The second-order valence-electron chi connectivity index (χ2n) is 8.41. The second-order valence-corrected chi connectivity index (χ2v) is 9.39. The zero-order valence-electron chi connectivity index (χ0n) is 18.5. The number of thiophene rings is 1. The number of halogens is 1. The quantitative estimate of drug-likeness (QED) is 0.305. The lowest BCUT2D eigenvalue weighted by Crippen LogP contribution is -2.49. The van der Waals surface area contributed by atoms with Crippen LogP contribution in [0, 0.1) is 0 Å². The molecule has 2 aliphatic rings. The van der Waals surface area contributed by atoms with E-state index >= 15 is 0 Å². The Bertz CT molecular complexity index is 769.